The van der Waals surface area contributed by atoms with Gasteiger partial charge in [-0.05, 0) is 84.6 Å². The summed E-state index contributed by atoms with van der Waals surface area (Å²) in [7, 11) is 0. The van der Waals surface area contributed by atoms with Gasteiger partial charge in [0.1, 0.15) is 5.75 Å². The number of hydrogen-bond acceptors (Lipinski definition) is 3. The zero-order valence-electron chi connectivity index (χ0n) is 17.0. The second kappa shape index (κ2) is 9.91. The van der Waals surface area contributed by atoms with Gasteiger partial charge < -0.3 is 4.74 Å². The zero-order chi connectivity index (χ0) is 19.9. The Morgan fingerprint density at radius 2 is 1.35 bits per heavy atom. The van der Waals surface area contributed by atoms with Gasteiger partial charge in [0.2, 0.25) is 0 Å². The van der Waals surface area contributed by atoms with E-state index in [1.165, 1.54) is 11.1 Å². The number of allylic oxidation sites excluding steroid dienone is 5. The molecule has 0 amide bonds. The van der Waals surface area contributed by atoms with E-state index in [1.807, 2.05) is 46.8 Å². The number of rotatable bonds is 7. The molecule has 0 spiro atoms. The fraction of sp³-hybridized carbons (Fsp3) is 0.391. The van der Waals surface area contributed by atoms with Crippen molar-refractivity contribution >= 4 is 11.8 Å². The summed E-state index contributed by atoms with van der Waals surface area (Å²) in [6.45, 7) is 13.2. The molecule has 0 aliphatic heterocycles. The van der Waals surface area contributed by atoms with Crippen molar-refractivity contribution in [1.82, 2.24) is 0 Å². The fourth-order valence-corrected chi connectivity index (χ4v) is 2.31. The lowest BCUT2D eigenvalue weighted by molar-refractivity contribution is -0.130. The first kappa shape index (κ1) is 21.6. The molecule has 3 nitrogen and oxygen atoms in total. The van der Waals surface area contributed by atoms with Crippen molar-refractivity contribution in [3.05, 3.63) is 63.8 Å². The van der Waals surface area contributed by atoms with E-state index < -0.39 is 0 Å². The molecule has 1 aromatic rings. The van der Waals surface area contributed by atoms with Crippen LogP contribution in [-0.4, -0.2) is 11.8 Å². The molecule has 1 aromatic carbocycles. The van der Waals surface area contributed by atoms with Crippen molar-refractivity contribution in [2.24, 2.45) is 0 Å². The summed E-state index contributed by atoms with van der Waals surface area (Å²) >= 11 is 0. The summed E-state index contributed by atoms with van der Waals surface area (Å²) in [4.78, 5) is 24.3. The highest BCUT2D eigenvalue weighted by molar-refractivity contribution is 5.95. The number of ketones is 1. The van der Waals surface area contributed by atoms with E-state index in [4.69, 9.17) is 4.74 Å². The van der Waals surface area contributed by atoms with Gasteiger partial charge in [0.05, 0.1) is 0 Å². The third kappa shape index (κ3) is 6.47. The van der Waals surface area contributed by atoms with E-state index in [1.54, 1.807) is 19.9 Å². The fourth-order valence-electron chi connectivity index (χ4n) is 2.31. The number of carbonyl (C=O) groups excluding carboxylic acids is 2. The smallest absolute Gasteiger partial charge is 0.338 e. The first-order valence-corrected chi connectivity index (χ1v) is 8.94. The summed E-state index contributed by atoms with van der Waals surface area (Å²) < 4.78 is 5.75. The third-order valence-corrected chi connectivity index (χ3v) is 4.06. The van der Waals surface area contributed by atoms with Crippen LogP contribution in [0.2, 0.25) is 0 Å². The van der Waals surface area contributed by atoms with Crippen LogP contribution < -0.4 is 4.74 Å². The molecule has 26 heavy (non-hydrogen) atoms. The lowest BCUT2D eigenvalue weighted by atomic mass is 9.97. The van der Waals surface area contributed by atoms with E-state index in [2.05, 4.69) is 12.2 Å². The van der Waals surface area contributed by atoms with Crippen molar-refractivity contribution in [2.45, 2.75) is 61.3 Å². The molecule has 0 aliphatic carbocycles. The summed E-state index contributed by atoms with van der Waals surface area (Å²) in [5.41, 5.74) is 5.25. The first-order valence-electron chi connectivity index (χ1n) is 8.94. The highest BCUT2D eigenvalue weighted by Gasteiger charge is 2.17. The van der Waals surface area contributed by atoms with Crippen molar-refractivity contribution < 1.29 is 14.3 Å². The maximum Gasteiger partial charge on any atom is 0.338 e. The molecule has 0 N–H and O–H groups in total. The van der Waals surface area contributed by atoms with Gasteiger partial charge in [-0.1, -0.05) is 29.4 Å². The van der Waals surface area contributed by atoms with Gasteiger partial charge in [-0.2, -0.15) is 0 Å². The number of Topliss-reactive ketones (excluding diaryl/α,β-unsaturated/α-hetero) is 1. The predicted molar refractivity (Wildman–Crippen MR) is 108 cm³/mol. The van der Waals surface area contributed by atoms with Gasteiger partial charge in [-0.15, -0.1) is 0 Å². The SMILES string of the molecule is CC=C(C)C(=O)Oc1c(CC=C(C)C)cc(C(C)=O)cc1CC=C(C)C. The van der Waals surface area contributed by atoms with Crippen LogP contribution in [0.5, 0.6) is 5.75 Å². The Hall–Kier alpha value is -2.42. The number of hydrogen-bond donors (Lipinski definition) is 0. The van der Waals surface area contributed by atoms with Crippen LogP contribution in [0.25, 0.3) is 0 Å². The predicted octanol–water partition coefficient (Wildman–Crippen LogP) is 5.78. The maximum absolute atomic E-state index is 12.4. The molecular formula is C23H30O3. The highest BCUT2D eigenvalue weighted by atomic mass is 16.5. The van der Waals surface area contributed by atoms with E-state index in [-0.39, 0.29) is 11.8 Å². The summed E-state index contributed by atoms with van der Waals surface area (Å²) in [5, 5.41) is 0. The van der Waals surface area contributed by atoms with E-state index in [0.717, 1.165) is 11.1 Å². The third-order valence-electron chi connectivity index (χ3n) is 4.06. The number of ether oxygens (including phenoxy) is 1. The number of benzene rings is 1. The normalized spacial score (nSPS) is 11.0. The quantitative estimate of drug-likeness (QED) is 0.205. The van der Waals surface area contributed by atoms with E-state index >= 15 is 0 Å². The maximum atomic E-state index is 12.4. The van der Waals surface area contributed by atoms with Crippen molar-refractivity contribution in [3.8, 4) is 5.75 Å². The molecule has 0 aliphatic rings. The Morgan fingerprint density at radius 1 is 0.885 bits per heavy atom. The summed E-state index contributed by atoms with van der Waals surface area (Å²) in [6, 6.07) is 3.67. The molecule has 0 aromatic heterocycles. The van der Waals surface area contributed by atoms with Crippen LogP contribution in [0, 0.1) is 0 Å². The number of carbonyl (C=O) groups is 2. The van der Waals surface area contributed by atoms with Crippen LogP contribution in [0.3, 0.4) is 0 Å². The standard InChI is InChI=1S/C23H30O3/c1-8-17(6)23(25)26-22-19(11-9-15(2)3)13-21(18(7)24)14-20(22)12-10-16(4)5/h8-10,13-14H,11-12H2,1-7H3. The Kier molecular flexibility index (Phi) is 8.24. The first-order chi connectivity index (χ1) is 12.1. The molecule has 0 fully saturated rings. The minimum Gasteiger partial charge on any atom is -0.423 e. The molecule has 0 bridgehead atoms. The molecule has 1 rings (SSSR count). The van der Waals surface area contributed by atoms with Crippen LogP contribution in [0.15, 0.2) is 47.1 Å². The highest BCUT2D eigenvalue weighted by Crippen LogP contribution is 2.29. The Balaban J connectivity index is 3.54. The lowest BCUT2D eigenvalue weighted by Gasteiger charge is -2.16. The molecule has 140 valence electrons. The monoisotopic (exact) mass is 354 g/mol. The Morgan fingerprint density at radius 3 is 1.69 bits per heavy atom. The van der Waals surface area contributed by atoms with Gasteiger partial charge in [0.15, 0.2) is 5.78 Å². The van der Waals surface area contributed by atoms with Crippen LogP contribution >= 0.6 is 0 Å². The van der Waals surface area contributed by atoms with Gasteiger partial charge in [-0.25, -0.2) is 4.79 Å². The van der Waals surface area contributed by atoms with Crippen LogP contribution in [0.4, 0.5) is 0 Å². The molecule has 0 heterocycles. The zero-order valence-corrected chi connectivity index (χ0v) is 17.0. The molecule has 0 atom stereocenters. The van der Waals surface area contributed by atoms with Crippen molar-refractivity contribution in [3.63, 3.8) is 0 Å². The van der Waals surface area contributed by atoms with E-state index in [0.29, 0.717) is 29.7 Å². The lowest BCUT2D eigenvalue weighted by Crippen LogP contribution is -2.13. The topological polar surface area (TPSA) is 43.4 Å². The second-order valence-corrected chi connectivity index (χ2v) is 7.01. The number of esters is 1. The Labute approximate surface area is 157 Å². The van der Waals surface area contributed by atoms with Crippen LogP contribution in [-0.2, 0) is 17.6 Å². The minimum absolute atomic E-state index is 0.00408. The van der Waals surface area contributed by atoms with Crippen molar-refractivity contribution in [1.29, 1.82) is 0 Å². The second-order valence-electron chi connectivity index (χ2n) is 7.01. The van der Waals surface area contributed by atoms with E-state index in [9.17, 15) is 9.59 Å². The largest absolute Gasteiger partial charge is 0.423 e. The minimum atomic E-state index is -0.361. The van der Waals surface area contributed by atoms with Gasteiger partial charge in [0, 0.05) is 11.1 Å². The molecule has 0 saturated heterocycles. The van der Waals surface area contributed by atoms with Gasteiger partial charge in [-0.3, -0.25) is 4.79 Å². The average molecular weight is 354 g/mol. The van der Waals surface area contributed by atoms with Gasteiger partial charge in [0.25, 0.3) is 0 Å². The van der Waals surface area contributed by atoms with Crippen molar-refractivity contribution in [2.75, 3.05) is 0 Å². The average Bonchev–Trinajstić information content (AvgIpc) is 2.57. The van der Waals surface area contributed by atoms with Gasteiger partial charge >= 0.3 is 5.97 Å². The molecule has 0 unspecified atom stereocenters. The Bertz CT molecular complexity index is 728. The summed E-state index contributed by atoms with van der Waals surface area (Å²) in [5.74, 6) is 0.209. The molecule has 0 saturated carbocycles. The summed E-state index contributed by atoms with van der Waals surface area (Å²) in [6.07, 6.45) is 7.11. The molecule has 0 radical (unpaired) electrons. The molecule has 3 heteroatoms. The van der Waals surface area contributed by atoms with Crippen LogP contribution in [0.1, 0.15) is 70.0 Å². The molecular weight excluding hydrogens is 324 g/mol.